The van der Waals surface area contributed by atoms with E-state index >= 15 is 0 Å². The zero-order chi connectivity index (χ0) is 13.1. The van der Waals surface area contributed by atoms with Gasteiger partial charge in [0.25, 0.3) is 0 Å². The van der Waals surface area contributed by atoms with Crippen molar-refractivity contribution in [3.63, 3.8) is 0 Å². The van der Waals surface area contributed by atoms with Crippen LogP contribution in [0.5, 0.6) is 0 Å². The van der Waals surface area contributed by atoms with Crippen LogP contribution in [0.15, 0.2) is 11.4 Å². The van der Waals surface area contributed by atoms with E-state index in [1.54, 1.807) is 17.8 Å². The van der Waals surface area contributed by atoms with Crippen LogP contribution in [0, 0.1) is 0 Å². The van der Waals surface area contributed by atoms with Crippen molar-refractivity contribution in [3.8, 4) is 0 Å². The van der Waals surface area contributed by atoms with E-state index < -0.39 is 0 Å². The Hall–Kier alpha value is -1.34. The third-order valence-electron chi connectivity index (χ3n) is 2.90. The SMILES string of the molecule is Cn1c(CO)cnc1SCC(=O)N1CCCC1=O. The fraction of sp³-hybridized carbons (Fsp3) is 0.545. The molecule has 0 aromatic carbocycles. The molecule has 2 heterocycles. The highest BCUT2D eigenvalue weighted by Crippen LogP contribution is 2.19. The van der Waals surface area contributed by atoms with Crippen molar-refractivity contribution < 1.29 is 14.7 Å². The largest absolute Gasteiger partial charge is 0.390 e. The molecule has 1 aromatic rings. The molecule has 0 unspecified atom stereocenters. The van der Waals surface area contributed by atoms with Crippen LogP contribution in [0.4, 0.5) is 0 Å². The quantitative estimate of drug-likeness (QED) is 0.788. The van der Waals surface area contributed by atoms with Crippen molar-refractivity contribution in [1.82, 2.24) is 14.5 Å². The van der Waals surface area contributed by atoms with Crippen molar-refractivity contribution in [2.75, 3.05) is 12.3 Å². The first-order valence-corrected chi connectivity index (χ1v) is 6.69. The molecule has 0 aliphatic carbocycles. The predicted molar refractivity (Wildman–Crippen MR) is 65.8 cm³/mol. The van der Waals surface area contributed by atoms with Gasteiger partial charge in [-0.2, -0.15) is 0 Å². The molecule has 1 aromatic heterocycles. The zero-order valence-electron chi connectivity index (χ0n) is 10.1. The number of likely N-dealkylation sites (tertiary alicyclic amines) is 1. The second-order valence-corrected chi connectivity index (χ2v) is 5.02. The van der Waals surface area contributed by atoms with Crippen LogP contribution in [-0.2, 0) is 23.2 Å². The topological polar surface area (TPSA) is 75.4 Å². The number of thioether (sulfide) groups is 1. The Labute approximate surface area is 109 Å². The number of aliphatic hydroxyl groups is 1. The average molecular weight is 269 g/mol. The van der Waals surface area contributed by atoms with Crippen LogP contribution >= 0.6 is 11.8 Å². The summed E-state index contributed by atoms with van der Waals surface area (Å²) in [5, 5.41) is 9.69. The Morgan fingerprint density at radius 2 is 2.39 bits per heavy atom. The highest BCUT2D eigenvalue weighted by atomic mass is 32.2. The number of imidazole rings is 1. The molecule has 2 rings (SSSR count). The molecular weight excluding hydrogens is 254 g/mol. The van der Waals surface area contributed by atoms with Gasteiger partial charge in [-0.1, -0.05) is 11.8 Å². The van der Waals surface area contributed by atoms with Crippen molar-refractivity contribution in [2.24, 2.45) is 7.05 Å². The van der Waals surface area contributed by atoms with Gasteiger partial charge in [0.2, 0.25) is 11.8 Å². The van der Waals surface area contributed by atoms with Crippen LogP contribution in [0.25, 0.3) is 0 Å². The van der Waals surface area contributed by atoms with Gasteiger partial charge in [-0.25, -0.2) is 4.98 Å². The number of rotatable bonds is 4. The average Bonchev–Trinajstić information content (AvgIpc) is 2.93. The molecule has 18 heavy (non-hydrogen) atoms. The first-order chi connectivity index (χ1) is 8.63. The maximum absolute atomic E-state index is 11.8. The molecule has 0 bridgehead atoms. The van der Waals surface area contributed by atoms with Crippen LogP contribution < -0.4 is 0 Å². The molecule has 98 valence electrons. The summed E-state index contributed by atoms with van der Waals surface area (Å²) in [5.74, 6) is -0.0610. The van der Waals surface area contributed by atoms with Crippen molar-refractivity contribution in [1.29, 1.82) is 0 Å². The Bertz CT molecular complexity index is 472. The number of aliphatic hydroxyl groups excluding tert-OH is 1. The lowest BCUT2D eigenvalue weighted by Gasteiger charge is -2.12. The summed E-state index contributed by atoms with van der Waals surface area (Å²) >= 11 is 1.28. The number of imide groups is 1. The summed E-state index contributed by atoms with van der Waals surface area (Å²) in [7, 11) is 1.78. The van der Waals surface area contributed by atoms with Gasteiger partial charge < -0.3 is 9.67 Å². The standard InChI is InChI=1S/C11H15N3O3S/c1-13-8(6-15)5-12-11(13)18-7-10(17)14-4-2-3-9(14)16/h5,15H,2-4,6-7H2,1H3. The molecule has 1 aliphatic rings. The fourth-order valence-electron chi connectivity index (χ4n) is 1.82. The second kappa shape index (κ2) is 5.53. The van der Waals surface area contributed by atoms with Crippen molar-refractivity contribution in [3.05, 3.63) is 11.9 Å². The molecule has 6 nitrogen and oxygen atoms in total. The Morgan fingerprint density at radius 3 is 2.94 bits per heavy atom. The minimum absolute atomic E-state index is 0.0807. The van der Waals surface area contributed by atoms with Crippen LogP contribution in [-0.4, -0.2) is 43.7 Å². The Kier molecular flexibility index (Phi) is 4.03. The zero-order valence-corrected chi connectivity index (χ0v) is 10.9. The van der Waals surface area contributed by atoms with Gasteiger partial charge in [0.1, 0.15) is 0 Å². The monoisotopic (exact) mass is 269 g/mol. The van der Waals surface area contributed by atoms with E-state index in [9.17, 15) is 9.59 Å². The van der Waals surface area contributed by atoms with Gasteiger partial charge in [0.15, 0.2) is 5.16 Å². The number of aromatic nitrogens is 2. The minimum atomic E-state index is -0.170. The minimum Gasteiger partial charge on any atom is -0.390 e. The van der Waals surface area contributed by atoms with Crippen LogP contribution in [0.2, 0.25) is 0 Å². The smallest absolute Gasteiger partial charge is 0.239 e. The normalized spacial score (nSPS) is 15.4. The highest BCUT2D eigenvalue weighted by molar-refractivity contribution is 7.99. The molecule has 0 saturated carbocycles. The molecule has 1 saturated heterocycles. The third-order valence-corrected chi connectivity index (χ3v) is 3.93. The summed E-state index contributed by atoms with van der Waals surface area (Å²) in [6, 6.07) is 0. The molecule has 1 N–H and O–H groups in total. The van der Waals surface area contributed by atoms with Crippen LogP contribution in [0.1, 0.15) is 18.5 Å². The maximum atomic E-state index is 11.8. The number of nitrogens with zero attached hydrogens (tertiary/aromatic N) is 3. The van der Waals surface area contributed by atoms with E-state index in [1.165, 1.54) is 16.7 Å². The molecular formula is C11H15N3O3S. The molecule has 2 amide bonds. The summed E-state index contributed by atoms with van der Waals surface area (Å²) < 4.78 is 1.74. The molecule has 0 radical (unpaired) electrons. The van der Waals surface area contributed by atoms with E-state index in [0.29, 0.717) is 23.8 Å². The first-order valence-electron chi connectivity index (χ1n) is 5.71. The lowest BCUT2D eigenvalue weighted by molar-refractivity contribution is -0.140. The lowest BCUT2D eigenvalue weighted by atomic mass is 10.4. The van der Waals surface area contributed by atoms with E-state index in [4.69, 9.17) is 5.11 Å². The van der Waals surface area contributed by atoms with E-state index in [-0.39, 0.29) is 24.2 Å². The van der Waals surface area contributed by atoms with Crippen LogP contribution in [0.3, 0.4) is 0 Å². The van der Waals surface area contributed by atoms with Gasteiger partial charge in [0.05, 0.1) is 24.3 Å². The molecule has 0 atom stereocenters. The van der Waals surface area contributed by atoms with Gasteiger partial charge >= 0.3 is 0 Å². The van der Waals surface area contributed by atoms with E-state index in [1.807, 2.05) is 0 Å². The van der Waals surface area contributed by atoms with Gasteiger partial charge in [-0.15, -0.1) is 0 Å². The Balaban J connectivity index is 1.93. The summed E-state index contributed by atoms with van der Waals surface area (Å²) in [4.78, 5) is 28.6. The Morgan fingerprint density at radius 1 is 1.61 bits per heavy atom. The summed E-state index contributed by atoms with van der Waals surface area (Å²) in [5.41, 5.74) is 0.696. The predicted octanol–water partition coefficient (Wildman–Crippen LogP) is 0.154. The van der Waals surface area contributed by atoms with E-state index in [2.05, 4.69) is 4.98 Å². The third kappa shape index (κ3) is 2.56. The number of amides is 2. The number of carbonyl (C=O) groups excluding carboxylic acids is 2. The highest BCUT2D eigenvalue weighted by Gasteiger charge is 2.26. The maximum Gasteiger partial charge on any atom is 0.239 e. The number of hydrogen-bond acceptors (Lipinski definition) is 5. The molecule has 7 heteroatoms. The first kappa shape index (κ1) is 13.1. The van der Waals surface area contributed by atoms with Crippen molar-refractivity contribution in [2.45, 2.75) is 24.6 Å². The second-order valence-electron chi connectivity index (χ2n) is 4.08. The van der Waals surface area contributed by atoms with Gasteiger partial charge in [0, 0.05) is 20.0 Å². The molecule has 1 fully saturated rings. The summed E-state index contributed by atoms with van der Waals surface area (Å²) in [6.45, 7) is 0.448. The summed E-state index contributed by atoms with van der Waals surface area (Å²) in [6.07, 6.45) is 2.80. The van der Waals surface area contributed by atoms with Gasteiger partial charge in [-0.05, 0) is 6.42 Å². The molecule has 0 spiro atoms. The number of hydrogen-bond donors (Lipinski definition) is 1. The molecule has 1 aliphatic heterocycles. The lowest BCUT2D eigenvalue weighted by Crippen LogP contribution is -2.33. The van der Waals surface area contributed by atoms with Gasteiger partial charge in [-0.3, -0.25) is 14.5 Å². The fourth-order valence-corrected chi connectivity index (χ4v) is 2.67. The van der Waals surface area contributed by atoms with E-state index in [0.717, 1.165) is 6.42 Å². The van der Waals surface area contributed by atoms with Crippen molar-refractivity contribution >= 4 is 23.6 Å². The number of carbonyl (C=O) groups is 2.